The van der Waals surface area contributed by atoms with Gasteiger partial charge in [-0.2, -0.15) is 0 Å². The number of carbonyl (C=O) groups excluding carboxylic acids is 2. The van der Waals surface area contributed by atoms with Gasteiger partial charge in [-0.05, 0) is 7.05 Å². The van der Waals surface area contributed by atoms with E-state index in [2.05, 4.69) is 15.6 Å². The highest BCUT2D eigenvalue weighted by Crippen LogP contribution is 1.93. The van der Waals surface area contributed by atoms with Gasteiger partial charge in [0.05, 0.1) is 19.3 Å². The normalized spacial score (nSPS) is 10.4. The van der Waals surface area contributed by atoms with Gasteiger partial charge in [-0.1, -0.05) is 5.21 Å². The molecule has 0 saturated heterocycles. The third kappa shape index (κ3) is 4.11. The van der Waals surface area contributed by atoms with E-state index in [0.29, 0.717) is 19.6 Å². The molecule has 9 heteroatoms. The van der Waals surface area contributed by atoms with Crippen molar-refractivity contribution in [3.8, 4) is 0 Å². The fourth-order valence-corrected chi connectivity index (χ4v) is 1.26. The lowest BCUT2D eigenvalue weighted by atomic mass is 10.4. The van der Waals surface area contributed by atoms with Crippen LogP contribution in [0.3, 0.4) is 0 Å². The molecule has 9 nitrogen and oxygen atoms in total. The van der Waals surface area contributed by atoms with Crippen molar-refractivity contribution in [2.45, 2.75) is 6.54 Å². The fourth-order valence-electron chi connectivity index (χ4n) is 1.26. The number of hydrogen-bond acceptors (Lipinski definition) is 6. The van der Waals surface area contributed by atoms with Crippen molar-refractivity contribution in [2.24, 2.45) is 5.84 Å². The molecule has 0 aromatic carbocycles. The molecule has 0 aliphatic carbocycles. The van der Waals surface area contributed by atoms with Crippen molar-refractivity contribution >= 4 is 11.8 Å². The van der Waals surface area contributed by atoms with E-state index in [-0.39, 0.29) is 11.6 Å². The second-order valence-electron chi connectivity index (χ2n) is 3.75. The SMILES string of the molecule is CNC(=O)CN(C)CCn1cc(C(=O)NN)nn1. The second kappa shape index (κ2) is 6.67. The van der Waals surface area contributed by atoms with Gasteiger partial charge in [-0.25, -0.2) is 5.84 Å². The van der Waals surface area contributed by atoms with E-state index in [9.17, 15) is 9.59 Å². The van der Waals surface area contributed by atoms with Crippen molar-refractivity contribution < 1.29 is 9.59 Å². The quantitative estimate of drug-likeness (QED) is 0.295. The predicted octanol–water partition coefficient (Wildman–Crippen LogP) is -2.44. The van der Waals surface area contributed by atoms with Crippen molar-refractivity contribution in [3.63, 3.8) is 0 Å². The van der Waals surface area contributed by atoms with Gasteiger partial charge >= 0.3 is 0 Å². The van der Waals surface area contributed by atoms with E-state index in [1.807, 2.05) is 17.4 Å². The number of carbonyl (C=O) groups is 2. The van der Waals surface area contributed by atoms with Crippen LogP contribution in [0.2, 0.25) is 0 Å². The highest BCUT2D eigenvalue weighted by Gasteiger charge is 2.09. The van der Waals surface area contributed by atoms with Crippen LogP contribution in [0, 0.1) is 0 Å². The summed E-state index contributed by atoms with van der Waals surface area (Å²) < 4.78 is 1.52. The summed E-state index contributed by atoms with van der Waals surface area (Å²) in [5.74, 6) is 4.43. The van der Waals surface area contributed by atoms with E-state index in [1.165, 1.54) is 10.9 Å². The summed E-state index contributed by atoms with van der Waals surface area (Å²) in [6, 6.07) is 0. The van der Waals surface area contributed by atoms with Gasteiger partial charge in [-0.15, -0.1) is 5.10 Å². The first-order chi connectivity index (χ1) is 8.56. The lowest BCUT2D eigenvalue weighted by Gasteiger charge is -2.14. The molecule has 0 spiro atoms. The first kappa shape index (κ1) is 14.1. The zero-order valence-corrected chi connectivity index (χ0v) is 10.4. The molecule has 0 aliphatic heterocycles. The molecule has 2 amide bonds. The van der Waals surface area contributed by atoms with Crippen LogP contribution in [0.15, 0.2) is 6.20 Å². The molecule has 1 aromatic rings. The van der Waals surface area contributed by atoms with Gasteiger partial charge in [0.1, 0.15) is 0 Å². The second-order valence-corrected chi connectivity index (χ2v) is 3.75. The number of aromatic nitrogens is 3. The Labute approximate surface area is 104 Å². The summed E-state index contributed by atoms with van der Waals surface area (Å²) in [7, 11) is 3.41. The summed E-state index contributed by atoms with van der Waals surface area (Å²) >= 11 is 0. The number of nitrogens with two attached hydrogens (primary N) is 1. The lowest BCUT2D eigenvalue weighted by molar-refractivity contribution is -0.121. The maximum absolute atomic E-state index is 11.1. The summed E-state index contributed by atoms with van der Waals surface area (Å²) in [5, 5.41) is 9.98. The molecule has 0 saturated carbocycles. The molecule has 0 atom stereocenters. The van der Waals surface area contributed by atoms with E-state index < -0.39 is 5.91 Å². The Morgan fingerprint density at radius 1 is 1.56 bits per heavy atom. The van der Waals surface area contributed by atoms with Gasteiger partial charge in [0.25, 0.3) is 5.91 Å². The predicted molar refractivity (Wildman–Crippen MR) is 63.2 cm³/mol. The molecule has 4 N–H and O–H groups in total. The number of rotatable bonds is 6. The zero-order valence-electron chi connectivity index (χ0n) is 10.4. The Morgan fingerprint density at radius 3 is 2.89 bits per heavy atom. The molecule has 1 heterocycles. The molecular weight excluding hydrogens is 238 g/mol. The Kier molecular flexibility index (Phi) is 5.21. The average molecular weight is 255 g/mol. The minimum Gasteiger partial charge on any atom is -0.358 e. The number of nitrogens with zero attached hydrogens (tertiary/aromatic N) is 4. The van der Waals surface area contributed by atoms with Gasteiger partial charge < -0.3 is 5.32 Å². The van der Waals surface area contributed by atoms with E-state index >= 15 is 0 Å². The number of nitrogens with one attached hydrogen (secondary N) is 2. The summed E-state index contributed by atoms with van der Waals surface area (Å²) in [6.07, 6.45) is 1.50. The number of hydrazine groups is 1. The molecule has 0 radical (unpaired) electrons. The Bertz CT molecular complexity index is 417. The summed E-state index contributed by atoms with van der Waals surface area (Å²) in [5.41, 5.74) is 2.13. The fraction of sp³-hybridized carbons (Fsp3) is 0.556. The third-order valence-corrected chi connectivity index (χ3v) is 2.31. The van der Waals surface area contributed by atoms with Crippen molar-refractivity contribution in [3.05, 3.63) is 11.9 Å². The molecule has 0 fully saturated rings. The van der Waals surface area contributed by atoms with Crippen LogP contribution in [0.5, 0.6) is 0 Å². The van der Waals surface area contributed by atoms with E-state index in [0.717, 1.165) is 0 Å². The molecule has 18 heavy (non-hydrogen) atoms. The van der Waals surface area contributed by atoms with Crippen LogP contribution in [-0.2, 0) is 11.3 Å². The number of likely N-dealkylation sites (N-methyl/N-ethyl adjacent to an activating group) is 2. The molecule has 100 valence electrons. The molecule has 1 rings (SSSR count). The Balaban J connectivity index is 2.41. The Morgan fingerprint density at radius 2 is 2.28 bits per heavy atom. The smallest absolute Gasteiger partial charge is 0.287 e. The standard InChI is InChI=1S/C9H17N7O2/c1-11-8(17)6-15(2)3-4-16-5-7(13-14-16)9(18)12-10/h5H,3-4,6,10H2,1-2H3,(H,11,17)(H,12,18). The largest absolute Gasteiger partial charge is 0.358 e. The van der Waals surface area contributed by atoms with Gasteiger partial charge in [0.15, 0.2) is 5.69 Å². The molecule has 1 aromatic heterocycles. The van der Waals surface area contributed by atoms with Crippen molar-refractivity contribution in [1.29, 1.82) is 0 Å². The third-order valence-electron chi connectivity index (χ3n) is 2.31. The number of nitrogen functional groups attached to an aromatic ring is 1. The Hall–Kier alpha value is -2.00. The monoisotopic (exact) mass is 255 g/mol. The van der Waals surface area contributed by atoms with Crippen LogP contribution >= 0.6 is 0 Å². The lowest BCUT2D eigenvalue weighted by Crippen LogP contribution is -2.34. The van der Waals surface area contributed by atoms with Crippen LogP contribution < -0.4 is 16.6 Å². The first-order valence-electron chi connectivity index (χ1n) is 5.37. The molecule has 0 bridgehead atoms. The first-order valence-corrected chi connectivity index (χ1v) is 5.37. The van der Waals surface area contributed by atoms with E-state index in [1.54, 1.807) is 7.05 Å². The van der Waals surface area contributed by atoms with Crippen molar-refractivity contribution in [1.82, 2.24) is 30.6 Å². The maximum Gasteiger partial charge on any atom is 0.287 e. The number of hydrogen-bond donors (Lipinski definition) is 3. The van der Waals surface area contributed by atoms with Crippen LogP contribution in [-0.4, -0.2) is 58.9 Å². The topological polar surface area (TPSA) is 118 Å². The van der Waals surface area contributed by atoms with Crippen LogP contribution in [0.4, 0.5) is 0 Å². The molecule has 0 unspecified atom stereocenters. The number of amides is 2. The summed E-state index contributed by atoms with van der Waals surface area (Å²) in [4.78, 5) is 24.1. The minimum absolute atomic E-state index is 0.0562. The van der Waals surface area contributed by atoms with Crippen LogP contribution in [0.25, 0.3) is 0 Å². The van der Waals surface area contributed by atoms with Gasteiger partial charge in [0.2, 0.25) is 5.91 Å². The molecule has 0 aliphatic rings. The highest BCUT2D eigenvalue weighted by atomic mass is 16.2. The molecular formula is C9H17N7O2. The van der Waals surface area contributed by atoms with Gasteiger partial charge in [0, 0.05) is 13.6 Å². The van der Waals surface area contributed by atoms with E-state index in [4.69, 9.17) is 5.84 Å². The van der Waals surface area contributed by atoms with Gasteiger partial charge in [-0.3, -0.25) is 24.6 Å². The van der Waals surface area contributed by atoms with Crippen molar-refractivity contribution in [2.75, 3.05) is 27.2 Å². The average Bonchev–Trinajstić information content (AvgIpc) is 2.84. The minimum atomic E-state index is -0.486. The summed E-state index contributed by atoms with van der Waals surface area (Å²) in [6.45, 7) is 1.44. The highest BCUT2D eigenvalue weighted by molar-refractivity contribution is 5.91. The zero-order chi connectivity index (χ0) is 13.5. The van der Waals surface area contributed by atoms with Crippen LogP contribution in [0.1, 0.15) is 10.5 Å². The maximum atomic E-state index is 11.1.